The topological polar surface area (TPSA) is 77.1 Å². The van der Waals surface area contributed by atoms with Crippen molar-refractivity contribution in [2.75, 3.05) is 25.8 Å². The van der Waals surface area contributed by atoms with Crippen molar-refractivity contribution in [1.29, 1.82) is 0 Å². The number of nitrogens with one attached hydrogen (secondary N) is 1. The average Bonchev–Trinajstić information content (AvgIpc) is 3.09. The summed E-state index contributed by atoms with van der Waals surface area (Å²) in [5.74, 6) is 1.41. The maximum Gasteiger partial charge on any atom is 0.244 e. The number of benzene rings is 2. The SMILES string of the molecule is COc1ccccc1CN(CC(=O)Nc1ccc2c(c1)OCO2)C(C)=O. The Balaban J connectivity index is 1.66. The van der Waals surface area contributed by atoms with Gasteiger partial charge in [-0.15, -0.1) is 0 Å². The summed E-state index contributed by atoms with van der Waals surface area (Å²) < 4.78 is 15.8. The van der Waals surface area contributed by atoms with Crippen LogP contribution in [0.3, 0.4) is 0 Å². The van der Waals surface area contributed by atoms with Gasteiger partial charge in [0.25, 0.3) is 0 Å². The van der Waals surface area contributed by atoms with Gasteiger partial charge in [0.15, 0.2) is 11.5 Å². The molecule has 0 saturated heterocycles. The summed E-state index contributed by atoms with van der Waals surface area (Å²) in [4.78, 5) is 25.8. The van der Waals surface area contributed by atoms with Gasteiger partial charge in [-0.3, -0.25) is 9.59 Å². The first kappa shape index (κ1) is 17.6. The van der Waals surface area contributed by atoms with Crippen LogP contribution in [0, 0.1) is 0 Å². The van der Waals surface area contributed by atoms with Crippen LogP contribution < -0.4 is 19.5 Å². The molecular formula is C19H20N2O5. The van der Waals surface area contributed by atoms with E-state index in [1.807, 2.05) is 24.3 Å². The molecule has 0 aromatic heterocycles. The summed E-state index contributed by atoms with van der Waals surface area (Å²) in [6.07, 6.45) is 0. The van der Waals surface area contributed by atoms with Gasteiger partial charge in [0.05, 0.1) is 7.11 Å². The fourth-order valence-electron chi connectivity index (χ4n) is 2.67. The largest absolute Gasteiger partial charge is 0.496 e. The summed E-state index contributed by atoms with van der Waals surface area (Å²) >= 11 is 0. The van der Waals surface area contributed by atoms with Gasteiger partial charge >= 0.3 is 0 Å². The predicted molar refractivity (Wildman–Crippen MR) is 95.3 cm³/mol. The van der Waals surface area contributed by atoms with Crippen molar-refractivity contribution in [3.8, 4) is 17.2 Å². The Labute approximate surface area is 151 Å². The molecule has 0 unspecified atom stereocenters. The molecule has 136 valence electrons. The zero-order chi connectivity index (χ0) is 18.5. The number of amides is 2. The van der Waals surface area contributed by atoms with Gasteiger partial charge < -0.3 is 24.4 Å². The minimum Gasteiger partial charge on any atom is -0.496 e. The van der Waals surface area contributed by atoms with Crippen LogP contribution in [-0.2, 0) is 16.1 Å². The average molecular weight is 356 g/mol. The fraction of sp³-hybridized carbons (Fsp3) is 0.263. The minimum absolute atomic E-state index is 0.0676. The number of nitrogens with zero attached hydrogens (tertiary/aromatic N) is 1. The number of carbonyl (C=O) groups excluding carboxylic acids is 2. The first-order valence-electron chi connectivity index (χ1n) is 8.13. The van der Waals surface area contributed by atoms with Crippen LogP contribution in [0.2, 0.25) is 0 Å². The summed E-state index contributed by atoms with van der Waals surface area (Å²) in [6, 6.07) is 12.6. The Bertz CT molecular complexity index is 821. The molecule has 26 heavy (non-hydrogen) atoms. The van der Waals surface area contributed by atoms with Crippen molar-refractivity contribution in [2.24, 2.45) is 0 Å². The third kappa shape index (κ3) is 4.05. The van der Waals surface area contributed by atoms with Crippen molar-refractivity contribution < 1.29 is 23.8 Å². The van der Waals surface area contributed by atoms with Crippen molar-refractivity contribution in [1.82, 2.24) is 4.90 Å². The van der Waals surface area contributed by atoms with Gasteiger partial charge in [-0.05, 0) is 18.2 Å². The van der Waals surface area contributed by atoms with Gasteiger partial charge in [-0.1, -0.05) is 18.2 Å². The number of rotatable bonds is 6. The third-order valence-corrected chi connectivity index (χ3v) is 3.99. The van der Waals surface area contributed by atoms with Crippen molar-refractivity contribution in [3.63, 3.8) is 0 Å². The second kappa shape index (κ2) is 7.77. The van der Waals surface area contributed by atoms with Crippen LogP contribution in [0.25, 0.3) is 0 Å². The highest BCUT2D eigenvalue weighted by Crippen LogP contribution is 2.34. The summed E-state index contributed by atoms with van der Waals surface area (Å²) in [5, 5.41) is 2.77. The predicted octanol–water partition coefficient (Wildman–Crippen LogP) is 2.41. The number of hydrogen-bond acceptors (Lipinski definition) is 5. The normalized spacial score (nSPS) is 11.8. The van der Waals surface area contributed by atoms with E-state index in [-0.39, 0.29) is 31.7 Å². The van der Waals surface area contributed by atoms with Gasteiger partial charge in [0, 0.05) is 30.8 Å². The van der Waals surface area contributed by atoms with Crippen LogP contribution in [0.1, 0.15) is 12.5 Å². The monoisotopic (exact) mass is 356 g/mol. The Kier molecular flexibility index (Phi) is 5.26. The molecule has 0 atom stereocenters. The van der Waals surface area contributed by atoms with Gasteiger partial charge in [-0.2, -0.15) is 0 Å². The maximum absolute atomic E-state index is 12.4. The zero-order valence-electron chi connectivity index (χ0n) is 14.7. The van der Waals surface area contributed by atoms with Crippen molar-refractivity contribution in [3.05, 3.63) is 48.0 Å². The number of hydrogen-bond donors (Lipinski definition) is 1. The quantitative estimate of drug-likeness (QED) is 0.860. The molecule has 1 N–H and O–H groups in total. The van der Waals surface area contributed by atoms with E-state index in [0.717, 1.165) is 5.56 Å². The molecule has 2 amide bonds. The van der Waals surface area contributed by atoms with Crippen molar-refractivity contribution in [2.45, 2.75) is 13.5 Å². The lowest BCUT2D eigenvalue weighted by Crippen LogP contribution is -2.36. The Hall–Kier alpha value is -3.22. The molecule has 1 aliphatic rings. The van der Waals surface area contributed by atoms with E-state index >= 15 is 0 Å². The van der Waals surface area contributed by atoms with Crippen LogP contribution >= 0.6 is 0 Å². The molecule has 2 aromatic carbocycles. The van der Waals surface area contributed by atoms with Crippen molar-refractivity contribution >= 4 is 17.5 Å². The number of anilines is 1. The molecule has 0 bridgehead atoms. The summed E-state index contributed by atoms with van der Waals surface area (Å²) in [5.41, 5.74) is 1.42. The number of ether oxygens (including phenoxy) is 3. The fourth-order valence-corrected chi connectivity index (χ4v) is 2.67. The molecule has 0 aliphatic carbocycles. The molecule has 2 aromatic rings. The van der Waals surface area contributed by atoms with E-state index in [1.165, 1.54) is 11.8 Å². The smallest absolute Gasteiger partial charge is 0.244 e. The lowest BCUT2D eigenvalue weighted by atomic mass is 10.2. The molecule has 3 rings (SSSR count). The number of para-hydroxylation sites is 1. The molecule has 0 spiro atoms. The van der Waals surface area contributed by atoms with Gasteiger partial charge in [0.1, 0.15) is 12.3 Å². The van der Waals surface area contributed by atoms with E-state index in [1.54, 1.807) is 25.3 Å². The lowest BCUT2D eigenvalue weighted by molar-refractivity contribution is -0.133. The molecule has 0 radical (unpaired) electrons. The number of carbonyl (C=O) groups is 2. The molecule has 7 nitrogen and oxygen atoms in total. The highest BCUT2D eigenvalue weighted by Gasteiger charge is 2.18. The molecule has 0 saturated carbocycles. The van der Waals surface area contributed by atoms with E-state index in [2.05, 4.69) is 5.32 Å². The van der Waals surface area contributed by atoms with E-state index in [0.29, 0.717) is 22.9 Å². The Morgan fingerprint density at radius 1 is 1.15 bits per heavy atom. The molecule has 0 fully saturated rings. The molecule has 7 heteroatoms. The lowest BCUT2D eigenvalue weighted by Gasteiger charge is -2.21. The zero-order valence-corrected chi connectivity index (χ0v) is 14.7. The minimum atomic E-state index is -0.297. The number of fused-ring (bicyclic) bond motifs is 1. The van der Waals surface area contributed by atoms with Gasteiger partial charge in [0.2, 0.25) is 18.6 Å². The Morgan fingerprint density at radius 3 is 2.69 bits per heavy atom. The molecule has 1 aliphatic heterocycles. The Morgan fingerprint density at radius 2 is 1.92 bits per heavy atom. The highest BCUT2D eigenvalue weighted by atomic mass is 16.7. The second-order valence-electron chi connectivity index (χ2n) is 5.80. The maximum atomic E-state index is 12.4. The standard InChI is InChI=1S/C19H20N2O5/c1-13(22)21(10-14-5-3-4-6-16(14)24-2)11-19(23)20-15-7-8-17-18(9-15)26-12-25-17/h3-9H,10-12H2,1-2H3,(H,20,23). The second-order valence-corrected chi connectivity index (χ2v) is 5.80. The highest BCUT2D eigenvalue weighted by molar-refractivity contribution is 5.94. The molecule has 1 heterocycles. The van der Waals surface area contributed by atoms with Crippen LogP contribution in [0.15, 0.2) is 42.5 Å². The first-order chi connectivity index (χ1) is 12.6. The summed E-state index contributed by atoms with van der Waals surface area (Å²) in [6.45, 7) is 1.82. The molecular weight excluding hydrogens is 336 g/mol. The van der Waals surface area contributed by atoms with E-state index in [9.17, 15) is 9.59 Å². The third-order valence-electron chi connectivity index (χ3n) is 3.99. The first-order valence-corrected chi connectivity index (χ1v) is 8.13. The van der Waals surface area contributed by atoms with Gasteiger partial charge in [-0.25, -0.2) is 0 Å². The van der Waals surface area contributed by atoms with E-state index in [4.69, 9.17) is 14.2 Å². The van der Waals surface area contributed by atoms with Crippen LogP contribution in [-0.4, -0.2) is 37.2 Å². The van der Waals surface area contributed by atoms with Crippen LogP contribution in [0.5, 0.6) is 17.2 Å². The number of methoxy groups -OCH3 is 1. The summed E-state index contributed by atoms with van der Waals surface area (Å²) in [7, 11) is 1.57. The van der Waals surface area contributed by atoms with Crippen LogP contribution in [0.4, 0.5) is 5.69 Å². The van der Waals surface area contributed by atoms with E-state index < -0.39 is 0 Å².